The fourth-order valence-electron chi connectivity index (χ4n) is 2.40. The average Bonchev–Trinajstić information content (AvgIpc) is 3.06. The van der Waals surface area contributed by atoms with Crippen LogP contribution in [-0.4, -0.2) is 76.6 Å². The predicted molar refractivity (Wildman–Crippen MR) is 112 cm³/mol. The summed E-state index contributed by atoms with van der Waals surface area (Å²) in [4.78, 5) is 6.96. The highest BCUT2D eigenvalue weighted by Crippen LogP contribution is 2.08. The number of likely N-dealkylation sites (N-methyl/N-ethyl adjacent to an activating group) is 1. The zero-order valence-corrected chi connectivity index (χ0v) is 18.0. The second-order valence-electron chi connectivity index (χ2n) is 6.05. The molecule has 1 unspecified atom stereocenters. The van der Waals surface area contributed by atoms with Crippen molar-refractivity contribution in [3.63, 3.8) is 0 Å². The van der Waals surface area contributed by atoms with E-state index in [1.165, 1.54) is 12.8 Å². The molecule has 1 saturated heterocycles. The molecule has 0 aliphatic carbocycles. The van der Waals surface area contributed by atoms with Gasteiger partial charge >= 0.3 is 0 Å². The summed E-state index contributed by atoms with van der Waals surface area (Å²) in [6.45, 7) is 11.5. The highest BCUT2D eigenvalue weighted by Gasteiger charge is 2.15. The number of unbranched alkanes of at least 4 members (excludes halogenated alkanes) is 1. The third-order valence-corrected chi connectivity index (χ3v) is 3.84. The molecule has 1 rings (SSSR count). The van der Waals surface area contributed by atoms with Crippen molar-refractivity contribution >= 4 is 29.9 Å². The molecule has 0 aromatic rings. The molecule has 2 N–H and O–H groups in total. The molecule has 24 heavy (non-hydrogen) atoms. The Morgan fingerprint density at radius 1 is 1.25 bits per heavy atom. The lowest BCUT2D eigenvalue weighted by atomic mass is 10.3. The highest BCUT2D eigenvalue weighted by molar-refractivity contribution is 14.0. The first-order chi connectivity index (χ1) is 11.3. The van der Waals surface area contributed by atoms with Crippen LogP contribution in [0.15, 0.2) is 4.99 Å². The third-order valence-electron chi connectivity index (χ3n) is 3.84. The van der Waals surface area contributed by atoms with Crippen molar-refractivity contribution < 1.29 is 9.47 Å². The van der Waals surface area contributed by atoms with E-state index < -0.39 is 0 Å². The fourth-order valence-corrected chi connectivity index (χ4v) is 2.40. The average molecular weight is 456 g/mol. The van der Waals surface area contributed by atoms with E-state index >= 15 is 0 Å². The molecule has 0 amide bonds. The molecule has 0 radical (unpaired) electrons. The van der Waals surface area contributed by atoms with Gasteiger partial charge in [-0.25, -0.2) is 0 Å². The lowest BCUT2D eigenvalue weighted by Gasteiger charge is -2.18. The van der Waals surface area contributed by atoms with Crippen LogP contribution in [0.2, 0.25) is 0 Å². The van der Waals surface area contributed by atoms with Gasteiger partial charge in [-0.1, -0.05) is 13.3 Å². The molecule has 1 heterocycles. The monoisotopic (exact) mass is 456 g/mol. The standard InChI is InChI=1S/C17H36N4O2.HI/c1-4-6-11-21(3)12-10-20-17(18-5-2)19-9-7-13-23-16-8-14-22-15-16;/h16H,4-15H2,1-3H3,(H2,18,19,20);1H. The maximum absolute atomic E-state index is 5.75. The fraction of sp³-hybridized carbons (Fsp3) is 0.941. The van der Waals surface area contributed by atoms with E-state index in [1.807, 2.05) is 0 Å². The zero-order chi connectivity index (χ0) is 16.8. The number of aliphatic imine (C=N–C) groups is 1. The van der Waals surface area contributed by atoms with E-state index in [9.17, 15) is 0 Å². The van der Waals surface area contributed by atoms with E-state index in [1.54, 1.807) is 0 Å². The number of nitrogens with one attached hydrogen (secondary N) is 2. The molecular formula is C17H37IN4O2. The van der Waals surface area contributed by atoms with Crippen LogP contribution in [0.25, 0.3) is 0 Å². The number of rotatable bonds is 12. The lowest BCUT2D eigenvalue weighted by molar-refractivity contribution is 0.0424. The molecule has 6 nitrogen and oxygen atoms in total. The summed E-state index contributed by atoms with van der Waals surface area (Å²) in [5.41, 5.74) is 0. The van der Waals surface area contributed by atoms with Gasteiger partial charge in [0.2, 0.25) is 0 Å². The van der Waals surface area contributed by atoms with Crippen molar-refractivity contribution in [1.29, 1.82) is 0 Å². The van der Waals surface area contributed by atoms with Crippen LogP contribution in [0, 0.1) is 0 Å². The summed E-state index contributed by atoms with van der Waals surface area (Å²) in [7, 11) is 2.17. The van der Waals surface area contributed by atoms with Gasteiger partial charge in [-0.2, -0.15) is 0 Å². The maximum Gasteiger partial charge on any atom is 0.191 e. The number of guanidine groups is 1. The first-order valence-corrected chi connectivity index (χ1v) is 9.16. The van der Waals surface area contributed by atoms with Gasteiger partial charge in [-0.05, 0) is 39.8 Å². The summed E-state index contributed by atoms with van der Waals surface area (Å²) >= 11 is 0. The first-order valence-electron chi connectivity index (χ1n) is 9.16. The van der Waals surface area contributed by atoms with Gasteiger partial charge in [0.25, 0.3) is 0 Å². The Morgan fingerprint density at radius 2 is 2.08 bits per heavy atom. The number of nitrogens with zero attached hydrogens (tertiary/aromatic N) is 2. The van der Waals surface area contributed by atoms with Gasteiger partial charge in [0, 0.05) is 39.4 Å². The molecule has 1 aliphatic rings. The molecule has 1 fully saturated rings. The van der Waals surface area contributed by atoms with E-state index in [0.717, 1.165) is 71.3 Å². The molecule has 144 valence electrons. The van der Waals surface area contributed by atoms with Crippen LogP contribution in [0.5, 0.6) is 0 Å². The quantitative estimate of drug-likeness (QED) is 0.204. The van der Waals surface area contributed by atoms with E-state index in [2.05, 4.69) is 41.4 Å². The highest BCUT2D eigenvalue weighted by atomic mass is 127. The zero-order valence-electron chi connectivity index (χ0n) is 15.7. The summed E-state index contributed by atoms with van der Waals surface area (Å²) < 4.78 is 11.0. The van der Waals surface area contributed by atoms with Gasteiger partial charge in [-0.3, -0.25) is 4.99 Å². The van der Waals surface area contributed by atoms with Crippen molar-refractivity contribution in [2.45, 2.75) is 45.6 Å². The van der Waals surface area contributed by atoms with E-state index in [4.69, 9.17) is 9.47 Å². The van der Waals surface area contributed by atoms with Gasteiger partial charge < -0.3 is 25.0 Å². The van der Waals surface area contributed by atoms with Gasteiger partial charge in [0.15, 0.2) is 5.96 Å². The van der Waals surface area contributed by atoms with Crippen molar-refractivity contribution in [1.82, 2.24) is 15.5 Å². The molecular weight excluding hydrogens is 419 g/mol. The molecule has 1 aliphatic heterocycles. The summed E-state index contributed by atoms with van der Waals surface area (Å²) in [5.74, 6) is 0.903. The van der Waals surface area contributed by atoms with Crippen LogP contribution >= 0.6 is 24.0 Å². The Kier molecular flexibility index (Phi) is 16.3. The Bertz CT molecular complexity index is 313. The Balaban J connectivity index is 0.00000529. The van der Waals surface area contributed by atoms with Crippen LogP contribution in [0.3, 0.4) is 0 Å². The third kappa shape index (κ3) is 12.3. The Hall–Kier alpha value is -0.120. The predicted octanol–water partition coefficient (Wildman–Crippen LogP) is 2.09. The normalized spacial score (nSPS) is 17.8. The van der Waals surface area contributed by atoms with Gasteiger partial charge in [0.1, 0.15) is 0 Å². The molecule has 0 aromatic carbocycles. The minimum absolute atomic E-state index is 0. The van der Waals surface area contributed by atoms with Crippen LogP contribution < -0.4 is 10.6 Å². The van der Waals surface area contributed by atoms with E-state index in [0.29, 0.717) is 6.10 Å². The van der Waals surface area contributed by atoms with Gasteiger partial charge in [-0.15, -0.1) is 24.0 Å². The minimum atomic E-state index is 0. The minimum Gasteiger partial charge on any atom is -0.379 e. The summed E-state index contributed by atoms with van der Waals surface area (Å²) in [6.07, 6.45) is 4.78. The van der Waals surface area contributed by atoms with Crippen molar-refractivity contribution in [2.24, 2.45) is 4.99 Å². The van der Waals surface area contributed by atoms with Crippen LogP contribution in [0.1, 0.15) is 39.5 Å². The van der Waals surface area contributed by atoms with Crippen molar-refractivity contribution in [3.8, 4) is 0 Å². The van der Waals surface area contributed by atoms with Crippen LogP contribution in [0.4, 0.5) is 0 Å². The second kappa shape index (κ2) is 16.4. The first kappa shape index (κ1) is 23.9. The second-order valence-corrected chi connectivity index (χ2v) is 6.05. The molecule has 0 spiro atoms. The smallest absolute Gasteiger partial charge is 0.191 e. The molecule has 7 heteroatoms. The Morgan fingerprint density at radius 3 is 2.75 bits per heavy atom. The molecule has 1 atom stereocenters. The molecule has 0 bridgehead atoms. The largest absolute Gasteiger partial charge is 0.379 e. The Labute approximate surface area is 165 Å². The van der Waals surface area contributed by atoms with E-state index in [-0.39, 0.29) is 24.0 Å². The molecule has 0 saturated carbocycles. The number of halogens is 1. The summed E-state index contributed by atoms with van der Waals surface area (Å²) in [5, 5.41) is 6.69. The number of hydrogen-bond acceptors (Lipinski definition) is 4. The lowest BCUT2D eigenvalue weighted by Crippen LogP contribution is -2.41. The van der Waals surface area contributed by atoms with Gasteiger partial charge in [0.05, 0.1) is 12.7 Å². The SMILES string of the molecule is CCCCN(C)CCNC(=NCCCOC1CCOC1)NCC.I. The van der Waals surface area contributed by atoms with Crippen LogP contribution in [-0.2, 0) is 9.47 Å². The topological polar surface area (TPSA) is 58.1 Å². The summed E-state index contributed by atoms with van der Waals surface area (Å²) in [6, 6.07) is 0. The van der Waals surface area contributed by atoms with Crippen molar-refractivity contribution in [2.75, 3.05) is 59.6 Å². The maximum atomic E-state index is 5.75. The van der Waals surface area contributed by atoms with Crippen molar-refractivity contribution in [3.05, 3.63) is 0 Å². The number of ether oxygens (including phenoxy) is 2. The number of hydrogen-bond donors (Lipinski definition) is 2. The molecule has 0 aromatic heterocycles.